The van der Waals surface area contributed by atoms with Crippen molar-refractivity contribution in [1.82, 2.24) is 15.3 Å². The molecule has 4 saturated carbocycles. The number of alkyl carbamates (subject to hydrolysis) is 1. The average molecular weight is 470 g/mol. The van der Waals surface area contributed by atoms with Gasteiger partial charge in [0, 0.05) is 29.3 Å². The molecule has 0 radical (unpaired) electrons. The number of hydrogen-bond acceptors (Lipinski definition) is 4. The van der Waals surface area contributed by atoms with Crippen LogP contribution in [0.1, 0.15) is 117 Å². The van der Waals surface area contributed by atoms with Crippen LogP contribution in [0.3, 0.4) is 0 Å². The molecular weight excluding hydrogens is 422 g/mol. The lowest BCUT2D eigenvalue weighted by Gasteiger charge is -2.56. The third-order valence-corrected chi connectivity index (χ3v) is 8.59. The van der Waals surface area contributed by atoms with Crippen molar-refractivity contribution in [3.05, 3.63) is 23.3 Å². The zero-order valence-corrected chi connectivity index (χ0v) is 22.5. The molecule has 2 atom stereocenters. The summed E-state index contributed by atoms with van der Waals surface area (Å²) >= 11 is 0. The second-order valence-electron chi connectivity index (χ2n) is 12.8. The number of unbranched alkanes of at least 4 members (excludes halogenated alkanes) is 1. The van der Waals surface area contributed by atoms with E-state index in [9.17, 15) is 4.79 Å². The van der Waals surface area contributed by atoms with Gasteiger partial charge in [-0.25, -0.2) is 14.8 Å². The molecule has 190 valence electrons. The molecule has 5 rings (SSSR count). The predicted molar refractivity (Wildman–Crippen MR) is 137 cm³/mol. The van der Waals surface area contributed by atoms with Gasteiger partial charge in [0.15, 0.2) is 0 Å². The molecule has 0 saturated heterocycles. The summed E-state index contributed by atoms with van der Waals surface area (Å²) in [4.78, 5) is 23.1. The van der Waals surface area contributed by atoms with E-state index in [-0.39, 0.29) is 17.6 Å². The normalized spacial score (nSPS) is 29.6. The summed E-state index contributed by atoms with van der Waals surface area (Å²) in [6.07, 6.45) is 12.8. The summed E-state index contributed by atoms with van der Waals surface area (Å²) in [5.74, 6) is 4.08. The Hall–Kier alpha value is -1.65. The standard InChI is InChI=1S/C29H47N3O2/c1-7-9-10-23-14-24(15-25(19(3)8-2)32-27(33)34-28(4,5)6)31-26(30-23)29-16-20-11-21(17-29)13-22(12-20)18-29/h14,19-22,25H,7-13,15-18H2,1-6H3,(H,32,33)/t19-,20?,21?,22?,25+,29?/m0/s1. The van der Waals surface area contributed by atoms with Crippen LogP contribution in [0.25, 0.3) is 0 Å². The first kappa shape index (κ1) is 25.4. The second kappa shape index (κ2) is 10.1. The van der Waals surface area contributed by atoms with Crippen molar-refractivity contribution < 1.29 is 9.53 Å². The zero-order chi connectivity index (χ0) is 24.5. The number of nitrogens with one attached hydrogen (secondary N) is 1. The molecule has 0 spiro atoms. The van der Waals surface area contributed by atoms with Crippen molar-refractivity contribution in [3.63, 3.8) is 0 Å². The van der Waals surface area contributed by atoms with E-state index in [4.69, 9.17) is 14.7 Å². The third kappa shape index (κ3) is 5.94. The van der Waals surface area contributed by atoms with E-state index in [1.54, 1.807) is 0 Å². The topological polar surface area (TPSA) is 64.1 Å². The predicted octanol–water partition coefficient (Wildman–Crippen LogP) is 6.77. The highest BCUT2D eigenvalue weighted by Crippen LogP contribution is 2.60. The van der Waals surface area contributed by atoms with Gasteiger partial charge in [-0.05, 0) is 102 Å². The van der Waals surface area contributed by atoms with E-state index in [2.05, 4.69) is 32.2 Å². The van der Waals surface area contributed by atoms with Gasteiger partial charge in [0.2, 0.25) is 0 Å². The van der Waals surface area contributed by atoms with Crippen molar-refractivity contribution in [2.45, 2.75) is 129 Å². The number of hydrogen-bond donors (Lipinski definition) is 1. The molecular formula is C29H47N3O2. The molecule has 1 N–H and O–H groups in total. The maximum absolute atomic E-state index is 12.6. The van der Waals surface area contributed by atoms with Crippen LogP contribution in [0.5, 0.6) is 0 Å². The van der Waals surface area contributed by atoms with Gasteiger partial charge in [0.05, 0.1) is 0 Å². The lowest BCUT2D eigenvalue weighted by atomic mass is 9.49. The third-order valence-electron chi connectivity index (χ3n) is 8.59. The van der Waals surface area contributed by atoms with E-state index in [1.807, 2.05) is 20.8 Å². The molecule has 1 heterocycles. The van der Waals surface area contributed by atoms with Crippen molar-refractivity contribution in [2.24, 2.45) is 23.7 Å². The SMILES string of the molecule is CCCCc1cc(C[C@@H](NC(=O)OC(C)(C)C)[C@@H](C)CC)nc(C23CC4CC(CC(C4)C2)C3)n1. The minimum atomic E-state index is -0.502. The average Bonchev–Trinajstić information content (AvgIpc) is 2.74. The number of nitrogens with zero attached hydrogens (tertiary/aromatic N) is 2. The highest BCUT2D eigenvalue weighted by molar-refractivity contribution is 5.68. The Morgan fingerprint density at radius 3 is 2.21 bits per heavy atom. The van der Waals surface area contributed by atoms with Gasteiger partial charge in [-0.1, -0.05) is 33.6 Å². The molecule has 0 aromatic carbocycles. The van der Waals surface area contributed by atoms with Crippen LogP contribution in [0.15, 0.2) is 6.07 Å². The van der Waals surface area contributed by atoms with E-state index < -0.39 is 5.60 Å². The number of amides is 1. The number of aromatic nitrogens is 2. The summed E-state index contributed by atoms with van der Waals surface area (Å²) in [7, 11) is 0. The van der Waals surface area contributed by atoms with Gasteiger partial charge in [0.25, 0.3) is 0 Å². The van der Waals surface area contributed by atoms with Crippen LogP contribution in [-0.2, 0) is 23.0 Å². The summed E-state index contributed by atoms with van der Waals surface area (Å²) in [5, 5.41) is 3.17. The second-order valence-corrected chi connectivity index (χ2v) is 12.8. The van der Waals surface area contributed by atoms with Crippen LogP contribution >= 0.6 is 0 Å². The summed E-state index contributed by atoms with van der Waals surface area (Å²) in [6.45, 7) is 12.4. The van der Waals surface area contributed by atoms with Gasteiger partial charge in [-0.15, -0.1) is 0 Å². The molecule has 5 nitrogen and oxygen atoms in total. The Balaban J connectivity index is 1.60. The minimum Gasteiger partial charge on any atom is -0.444 e. The van der Waals surface area contributed by atoms with E-state index in [0.29, 0.717) is 5.92 Å². The molecule has 1 aromatic rings. The molecule has 4 aliphatic carbocycles. The summed E-state index contributed by atoms with van der Waals surface area (Å²) < 4.78 is 5.58. The Labute approximate surface area is 207 Å². The molecule has 0 unspecified atom stereocenters. The summed E-state index contributed by atoms with van der Waals surface area (Å²) in [6, 6.07) is 2.21. The van der Waals surface area contributed by atoms with Crippen LogP contribution in [0, 0.1) is 23.7 Å². The fraction of sp³-hybridized carbons (Fsp3) is 0.828. The lowest BCUT2D eigenvalue weighted by Crippen LogP contribution is -2.49. The van der Waals surface area contributed by atoms with Gasteiger partial charge in [-0.3, -0.25) is 0 Å². The highest BCUT2D eigenvalue weighted by atomic mass is 16.6. The number of ether oxygens (including phenoxy) is 1. The number of carbonyl (C=O) groups is 1. The van der Waals surface area contributed by atoms with Crippen molar-refractivity contribution in [1.29, 1.82) is 0 Å². The molecule has 4 aliphatic rings. The molecule has 0 aliphatic heterocycles. The largest absolute Gasteiger partial charge is 0.444 e. The minimum absolute atomic E-state index is 0.00186. The van der Waals surface area contributed by atoms with Crippen molar-refractivity contribution in [2.75, 3.05) is 0 Å². The molecule has 1 amide bonds. The maximum Gasteiger partial charge on any atom is 0.407 e. The molecule has 4 fully saturated rings. The highest BCUT2D eigenvalue weighted by Gasteiger charge is 2.53. The van der Waals surface area contributed by atoms with E-state index in [0.717, 1.165) is 55.0 Å². The van der Waals surface area contributed by atoms with Crippen LogP contribution in [0.4, 0.5) is 4.79 Å². The number of rotatable bonds is 9. The van der Waals surface area contributed by atoms with Crippen molar-refractivity contribution in [3.8, 4) is 0 Å². The van der Waals surface area contributed by atoms with E-state index in [1.165, 1.54) is 50.6 Å². The maximum atomic E-state index is 12.6. The van der Waals surface area contributed by atoms with Gasteiger partial charge in [0.1, 0.15) is 11.4 Å². The molecule has 1 aromatic heterocycles. The molecule has 34 heavy (non-hydrogen) atoms. The zero-order valence-electron chi connectivity index (χ0n) is 22.5. The summed E-state index contributed by atoms with van der Waals surface area (Å²) in [5.41, 5.74) is 1.97. The smallest absolute Gasteiger partial charge is 0.407 e. The van der Waals surface area contributed by atoms with E-state index >= 15 is 0 Å². The first-order valence-electron chi connectivity index (χ1n) is 14.0. The first-order chi connectivity index (χ1) is 16.1. The van der Waals surface area contributed by atoms with Crippen molar-refractivity contribution >= 4 is 6.09 Å². The molecule has 4 bridgehead atoms. The Kier molecular flexibility index (Phi) is 7.59. The first-order valence-corrected chi connectivity index (χ1v) is 14.0. The Bertz CT molecular complexity index is 824. The van der Waals surface area contributed by atoms with Crippen LogP contribution < -0.4 is 5.32 Å². The number of aryl methyl sites for hydroxylation is 1. The van der Waals surface area contributed by atoms with Gasteiger partial charge < -0.3 is 10.1 Å². The van der Waals surface area contributed by atoms with Gasteiger partial charge in [-0.2, -0.15) is 0 Å². The van der Waals surface area contributed by atoms with Gasteiger partial charge >= 0.3 is 6.09 Å². The van der Waals surface area contributed by atoms with Crippen LogP contribution in [0.2, 0.25) is 0 Å². The molecule has 5 heteroatoms. The quantitative estimate of drug-likeness (QED) is 0.433. The fourth-order valence-corrected chi connectivity index (χ4v) is 7.13. The Morgan fingerprint density at radius 2 is 1.68 bits per heavy atom. The Morgan fingerprint density at radius 1 is 1.09 bits per heavy atom. The fourth-order valence-electron chi connectivity index (χ4n) is 7.13. The lowest BCUT2D eigenvalue weighted by molar-refractivity contribution is -0.00962. The number of carbonyl (C=O) groups excluding carboxylic acids is 1. The van der Waals surface area contributed by atoms with Crippen LogP contribution in [-0.4, -0.2) is 27.7 Å². The monoisotopic (exact) mass is 469 g/mol.